The molecule has 1 aliphatic rings. The Kier molecular flexibility index (Phi) is 7.78. The van der Waals surface area contributed by atoms with Gasteiger partial charge in [0.15, 0.2) is 0 Å². The molecule has 0 aromatic heterocycles. The Labute approximate surface area is 93.0 Å². The van der Waals surface area contributed by atoms with Crippen LogP contribution in [0, 0.1) is 0 Å². The number of aliphatic hydroxyl groups is 1. The highest BCUT2D eigenvalue weighted by Crippen LogP contribution is 1.89. The van der Waals surface area contributed by atoms with Crippen molar-refractivity contribution in [2.24, 2.45) is 4.99 Å². The van der Waals surface area contributed by atoms with Crippen molar-refractivity contribution in [2.45, 2.75) is 12.8 Å². The van der Waals surface area contributed by atoms with E-state index in [-0.39, 0.29) is 19.4 Å². The summed E-state index contributed by atoms with van der Waals surface area (Å²) in [5.74, 6) is -2.15. The van der Waals surface area contributed by atoms with E-state index in [2.05, 4.69) is 4.99 Å². The third kappa shape index (κ3) is 8.95. The number of carboxylic acids is 2. The Hall–Kier alpha value is -1.63. The van der Waals surface area contributed by atoms with Crippen molar-refractivity contribution in [3.05, 3.63) is 0 Å². The number of carboxylic acid groups (broad SMARTS) is 2. The molecule has 0 aromatic carbocycles. The maximum absolute atomic E-state index is 9.64. The Bertz CT molecular complexity index is 240. The van der Waals surface area contributed by atoms with Crippen LogP contribution in [0.15, 0.2) is 4.99 Å². The lowest BCUT2D eigenvalue weighted by Crippen LogP contribution is -2.22. The number of nitrogens with zero attached hydrogens (tertiary/aromatic N) is 2. The summed E-state index contributed by atoms with van der Waals surface area (Å²) in [7, 11) is 0. The second-order valence-corrected chi connectivity index (χ2v) is 3.07. The van der Waals surface area contributed by atoms with E-state index in [1.54, 1.807) is 6.34 Å². The first-order chi connectivity index (χ1) is 7.56. The number of hydrogen-bond acceptors (Lipinski definition) is 5. The minimum Gasteiger partial charge on any atom is -0.481 e. The number of carbonyl (C=O) groups is 2. The number of aliphatic hydroxyl groups excluding tert-OH is 1. The smallest absolute Gasteiger partial charge is 0.303 e. The van der Waals surface area contributed by atoms with E-state index in [1.807, 2.05) is 4.90 Å². The minimum atomic E-state index is -1.08. The molecule has 7 nitrogen and oxygen atoms in total. The van der Waals surface area contributed by atoms with Gasteiger partial charge < -0.3 is 20.2 Å². The van der Waals surface area contributed by atoms with Gasteiger partial charge in [0.05, 0.1) is 32.3 Å². The Morgan fingerprint density at radius 2 is 1.81 bits per heavy atom. The van der Waals surface area contributed by atoms with Gasteiger partial charge in [0.2, 0.25) is 0 Å². The van der Waals surface area contributed by atoms with E-state index in [4.69, 9.17) is 15.3 Å². The van der Waals surface area contributed by atoms with Crippen LogP contribution in [0.2, 0.25) is 0 Å². The molecule has 3 N–H and O–H groups in total. The number of β-amino-alcohol motifs (C(OH)–C–C–N with tert-alkyl or cyclic N) is 1. The largest absolute Gasteiger partial charge is 0.481 e. The SMILES string of the molecule is O=C(O)CCC(=O)O.OCCN1C=NCC1. The zero-order chi connectivity index (χ0) is 12.4. The molecule has 16 heavy (non-hydrogen) atoms. The van der Waals surface area contributed by atoms with Crippen LogP contribution in [0.25, 0.3) is 0 Å². The topological polar surface area (TPSA) is 110 Å². The molecule has 0 radical (unpaired) electrons. The van der Waals surface area contributed by atoms with Crippen LogP contribution in [0.5, 0.6) is 0 Å². The van der Waals surface area contributed by atoms with Crippen molar-refractivity contribution >= 4 is 18.3 Å². The fourth-order valence-electron chi connectivity index (χ4n) is 0.929. The van der Waals surface area contributed by atoms with E-state index in [1.165, 1.54) is 0 Å². The van der Waals surface area contributed by atoms with E-state index in [0.29, 0.717) is 0 Å². The van der Waals surface area contributed by atoms with Gasteiger partial charge in [0, 0.05) is 13.1 Å². The van der Waals surface area contributed by atoms with Crippen molar-refractivity contribution < 1.29 is 24.9 Å². The van der Waals surface area contributed by atoms with Crippen molar-refractivity contribution in [1.82, 2.24) is 4.90 Å². The normalized spacial score (nSPS) is 13.2. The van der Waals surface area contributed by atoms with Gasteiger partial charge in [0.1, 0.15) is 0 Å². The van der Waals surface area contributed by atoms with Crippen LogP contribution in [0.3, 0.4) is 0 Å². The molecule has 7 heteroatoms. The average molecular weight is 232 g/mol. The van der Waals surface area contributed by atoms with Gasteiger partial charge >= 0.3 is 11.9 Å². The Morgan fingerprint density at radius 1 is 1.25 bits per heavy atom. The monoisotopic (exact) mass is 232 g/mol. The molecule has 1 aliphatic heterocycles. The molecule has 92 valence electrons. The first-order valence-corrected chi connectivity index (χ1v) is 4.84. The summed E-state index contributed by atoms with van der Waals surface area (Å²) in [5.41, 5.74) is 0. The van der Waals surface area contributed by atoms with Gasteiger partial charge in [-0.1, -0.05) is 0 Å². The standard InChI is InChI=1S/C5H10N2O.C4H6O4/c8-4-3-7-2-1-6-5-7;5-3(6)1-2-4(7)8/h5,8H,1-4H2;1-2H2,(H,5,6)(H,7,8). The third-order valence-corrected chi connectivity index (χ3v) is 1.70. The number of aliphatic imine (C=N–C) groups is 1. The fraction of sp³-hybridized carbons (Fsp3) is 0.667. The van der Waals surface area contributed by atoms with Gasteiger partial charge in [0.25, 0.3) is 0 Å². The van der Waals surface area contributed by atoms with E-state index < -0.39 is 11.9 Å². The maximum atomic E-state index is 9.64. The summed E-state index contributed by atoms with van der Waals surface area (Å²) >= 11 is 0. The highest BCUT2D eigenvalue weighted by Gasteiger charge is 2.01. The van der Waals surface area contributed by atoms with Crippen LogP contribution >= 0.6 is 0 Å². The minimum absolute atomic E-state index is 0.228. The highest BCUT2D eigenvalue weighted by molar-refractivity contribution is 5.75. The van der Waals surface area contributed by atoms with Crippen molar-refractivity contribution in [1.29, 1.82) is 0 Å². The molecule has 0 amide bonds. The summed E-state index contributed by atoms with van der Waals surface area (Å²) in [6.45, 7) is 2.82. The summed E-state index contributed by atoms with van der Waals surface area (Å²) in [6, 6.07) is 0. The predicted octanol–water partition coefficient (Wildman–Crippen LogP) is -0.742. The van der Waals surface area contributed by atoms with Gasteiger partial charge in [-0.05, 0) is 0 Å². The second-order valence-electron chi connectivity index (χ2n) is 3.07. The van der Waals surface area contributed by atoms with Crippen molar-refractivity contribution in [3.63, 3.8) is 0 Å². The summed E-state index contributed by atoms with van der Waals surface area (Å²) in [6.07, 6.45) is 1.20. The molecule has 0 spiro atoms. The van der Waals surface area contributed by atoms with Crippen LogP contribution in [0.4, 0.5) is 0 Å². The molecular formula is C9H16N2O5. The number of rotatable bonds is 5. The van der Waals surface area contributed by atoms with Crippen molar-refractivity contribution in [2.75, 3.05) is 26.2 Å². The highest BCUT2D eigenvalue weighted by atomic mass is 16.4. The van der Waals surface area contributed by atoms with Gasteiger partial charge in [-0.2, -0.15) is 0 Å². The Morgan fingerprint density at radius 3 is 2.12 bits per heavy atom. The molecule has 0 bridgehead atoms. The van der Waals surface area contributed by atoms with Crippen LogP contribution in [0.1, 0.15) is 12.8 Å². The van der Waals surface area contributed by atoms with Gasteiger partial charge in [-0.25, -0.2) is 0 Å². The number of hydrogen-bond donors (Lipinski definition) is 3. The lowest BCUT2D eigenvalue weighted by Gasteiger charge is -2.09. The first-order valence-electron chi connectivity index (χ1n) is 4.84. The molecule has 0 saturated heterocycles. The summed E-state index contributed by atoms with van der Waals surface area (Å²) < 4.78 is 0. The molecule has 0 saturated carbocycles. The van der Waals surface area contributed by atoms with Crippen LogP contribution in [-0.4, -0.2) is 64.7 Å². The fourth-order valence-corrected chi connectivity index (χ4v) is 0.929. The molecular weight excluding hydrogens is 216 g/mol. The lowest BCUT2D eigenvalue weighted by molar-refractivity contribution is -0.143. The zero-order valence-corrected chi connectivity index (χ0v) is 8.87. The third-order valence-electron chi connectivity index (χ3n) is 1.70. The lowest BCUT2D eigenvalue weighted by atomic mass is 10.3. The summed E-state index contributed by atoms with van der Waals surface area (Å²) in [4.78, 5) is 25.3. The second kappa shape index (κ2) is 8.66. The van der Waals surface area contributed by atoms with E-state index in [9.17, 15) is 9.59 Å². The number of aliphatic carboxylic acids is 2. The van der Waals surface area contributed by atoms with E-state index >= 15 is 0 Å². The maximum Gasteiger partial charge on any atom is 0.303 e. The molecule has 1 rings (SSSR count). The Balaban J connectivity index is 0.000000281. The van der Waals surface area contributed by atoms with Gasteiger partial charge in [-0.3, -0.25) is 14.6 Å². The van der Waals surface area contributed by atoms with Gasteiger partial charge in [-0.15, -0.1) is 0 Å². The van der Waals surface area contributed by atoms with E-state index in [0.717, 1.165) is 19.6 Å². The molecule has 1 heterocycles. The quantitative estimate of drug-likeness (QED) is 0.575. The first kappa shape index (κ1) is 14.4. The van der Waals surface area contributed by atoms with Crippen LogP contribution in [-0.2, 0) is 9.59 Å². The zero-order valence-electron chi connectivity index (χ0n) is 8.87. The molecule has 0 atom stereocenters. The van der Waals surface area contributed by atoms with Crippen LogP contribution < -0.4 is 0 Å². The molecule has 0 aliphatic carbocycles. The predicted molar refractivity (Wildman–Crippen MR) is 56.5 cm³/mol. The molecule has 0 fully saturated rings. The molecule has 0 aromatic rings. The molecule has 0 unspecified atom stereocenters. The van der Waals surface area contributed by atoms with Crippen molar-refractivity contribution in [3.8, 4) is 0 Å². The summed E-state index contributed by atoms with van der Waals surface area (Å²) in [5, 5.41) is 24.2. The average Bonchev–Trinajstić information content (AvgIpc) is 2.69.